The predicted octanol–water partition coefficient (Wildman–Crippen LogP) is 3.37. The molecule has 7 heteroatoms. The van der Waals surface area contributed by atoms with Crippen molar-refractivity contribution in [3.63, 3.8) is 0 Å². The molecule has 5 nitrogen and oxygen atoms in total. The summed E-state index contributed by atoms with van der Waals surface area (Å²) in [6, 6.07) is 10.4. The third-order valence-corrected chi connectivity index (χ3v) is 4.28. The summed E-state index contributed by atoms with van der Waals surface area (Å²) in [4.78, 5) is 10.9. The van der Waals surface area contributed by atoms with Crippen LogP contribution in [0.2, 0.25) is 5.02 Å². The molecule has 21 heavy (non-hydrogen) atoms. The van der Waals surface area contributed by atoms with Gasteiger partial charge in [0.15, 0.2) is 10.8 Å². The topological polar surface area (TPSA) is 67.5 Å². The molecule has 0 fully saturated rings. The van der Waals surface area contributed by atoms with Crippen molar-refractivity contribution in [1.29, 1.82) is 0 Å². The molecular weight excluding hydrogens is 310 g/mol. The lowest BCUT2D eigenvalue weighted by atomic mass is 10.1. The molecule has 0 radical (unpaired) electrons. The summed E-state index contributed by atoms with van der Waals surface area (Å²) in [5.41, 5.74) is 1.83. The maximum atomic E-state index is 10.9. The molecule has 0 aliphatic heterocycles. The first-order valence-corrected chi connectivity index (χ1v) is 7.46. The van der Waals surface area contributed by atoms with Gasteiger partial charge in [-0.05, 0) is 29.8 Å². The molecule has 2 heterocycles. The third-order valence-electron chi connectivity index (χ3n) is 2.94. The Morgan fingerprint density at radius 1 is 1.29 bits per heavy atom. The normalized spacial score (nSPS) is 10.9. The molecule has 0 aliphatic rings. The lowest BCUT2D eigenvalue weighted by Gasteiger charge is -2.04. The van der Waals surface area contributed by atoms with Crippen LogP contribution in [-0.2, 0) is 5.75 Å². The standard InChI is InChI=1S/C14H10ClN3O2S/c15-11-7-9(13(19)20)4-5-10(11)8-21-14-17-16-12-3-1-2-6-18(12)14/h1-7H,8H2,(H,19,20). The minimum Gasteiger partial charge on any atom is -0.478 e. The van der Waals surface area contributed by atoms with Gasteiger partial charge in [0.2, 0.25) is 0 Å². The molecule has 1 N–H and O–H groups in total. The molecule has 1 aromatic carbocycles. The highest BCUT2D eigenvalue weighted by Gasteiger charge is 2.10. The minimum atomic E-state index is -0.987. The lowest BCUT2D eigenvalue weighted by Crippen LogP contribution is -1.97. The van der Waals surface area contributed by atoms with Gasteiger partial charge in [-0.1, -0.05) is 35.5 Å². The van der Waals surface area contributed by atoms with Gasteiger partial charge in [0, 0.05) is 17.0 Å². The number of fused-ring (bicyclic) bond motifs is 1. The van der Waals surface area contributed by atoms with Crippen molar-refractivity contribution in [3.05, 3.63) is 58.7 Å². The summed E-state index contributed by atoms with van der Waals surface area (Å²) in [6.45, 7) is 0. The van der Waals surface area contributed by atoms with E-state index in [1.54, 1.807) is 12.1 Å². The molecular formula is C14H10ClN3O2S. The maximum Gasteiger partial charge on any atom is 0.335 e. The van der Waals surface area contributed by atoms with Gasteiger partial charge >= 0.3 is 5.97 Å². The number of hydrogen-bond acceptors (Lipinski definition) is 4. The van der Waals surface area contributed by atoms with Crippen molar-refractivity contribution < 1.29 is 9.90 Å². The fourth-order valence-corrected chi connectivity index (χ4v) is 3.11. The summed E-state index contributed by atoms with van der Waals surface area (Å²) in [7, 11) is 0. The van der Waals surface area contributed by atoms with Crippen LogP contribution < -0.4 is 0 Å². The maximum absolute atomic E-state index is 10.9. The van der Waals surface area contributed by atoms with Crippen LogP contribution in [0.15, 0.2) is 47.8 Å². The second-order valence-electron chi connectivity index (χ2n) is 4.31. The van der Waals surface area contributed by atoms with E-state index in [9.17, 15) is 4.79 Å². The van der Waals surface area contributed by atoms with Crippen LogP contribution in [0.1, 0.15) is 15.9 Å². The van der Waals surface area contributed by atoms with E-state index in [2.05, 4.69) is 10.2 Å². The number of hydrogen-bond donors (Lipinski definition) is 1. The number of pyridine rings is 1. The van der Waals surface area contributed by atoms with Gasteiger partial charge in [0.25, 0.3) is 0 Å². The average Bonchev–Trinajstić information content (AvgIpc) is 2.89. The Bertz CT molecular complexity index is 819. The van der Waals surface area contributed by atoms with Crippen LogP contribution in [0, 0.1) is 0 Å². The number of rotatable bonds is 4. The number of thioether (sulfide) groups is 1. The third kappa shape index (κ3) is 2.86. The van der Waals surface area contributed by atoms with Crippen molar-refractivity contribution >= 4 is 35.0 Å². The van der Waals surface area contributed by atoms with Crippen LogP contribution in [0.3, 0.4) is 0 Å². The van der Waals surface area contributed by atoms with Gasteiger partial charge in [0.05, 0.1) is 5.56 Å². The Morgan fingerprint density at radius 2 is 2.14 bits per heavy atom. The fraction of sp³-hybridized carbons (Fsp3) is 0.0714. The Kier molecular flexibility index (Phi) is 3.81. The van der Waals surface area contributed by atoms with Gasteiger partial charge < -0.3 is 5.11 Å². The zero-order valence-electron chi connectivity index (χ0n) is 10.7. The van der Waals surface area contributed by atoms with E-state index >= 15 is 0 Å². The molecule has 0 unspecified atom stereocenters. The zero-order chi connectivity index (χ0) is 14.8. The monoisotopic (exact) mass is 319 g/mol. The predicted molar refractivity (Wildman–Crippen MR) is 81.0 cm³/mol. The minimum absolute atomic E-state index is 0.182. The van der Waals surface area contributed by atoms with Crippen molar-refractivity contribution in [2.24, 2.45) is 0 Å². The molecule has 0 atom stereocenters. The molecule has 106 valence electrons. The molecule has 0 aliphatic carbocycles. The van der Waals surface area contributed by atoms with Gasteiger partial charge in [-0.25, -0.2) is 4.79 Å². The summed E-state index contributed by atoms with van der Waals surface area (Å²) in [5, 5.41) is 18.3. The zero-order valence-corrected chi connectivity index (χ0v) is 12.3. The first kappa shape index (κ1) is 13.9. The van der Waals surface area contributed by atoms with E-state index in [0.29, 0.717) is 10.8 Å². The van der Waals surface area contributed by atoms with Crippen LogP contribution >= 0.6 is 23.4 Å². The van der Waals surface area contributed by atoms with E-state index in [1.807, 2.05) is 28.8 Å². The first-order chi connectivity index (χ1) is 10.1. The van der Waals surface area contributed by atoms with E-state index in [1.165, 1.54) is 17.8 Å². The van der Waals surface area contributed by atoms with Crippen molar-refractivity contribution in [3.8, 4) is 0 Å². The van der Waals surface area contributed by atoms with E-state index in [-0.39, 0.29) is 5.56 Å². The summed E-state index contributed by atoms with van der Waals surface area (Å²) < 4.78 is 1.89. The number of benzene rings is 1. The Labute approximate surface area is 129 Å². The summed E-state index contributed by atoms with van der Waals surface area (Å²) >= 11 is 7.61. The smallest absolute Gasteiger partial charge is 0.335 e. The SMILES string of the molecule is O=C(O)c1ccc(CSc2nnc3ccccn23)c(Cl)c1. The molecule has 0 saturated carbocycles. The highest BCUT2D eigenvalue weighted by Crippen LogP contribution is 2.26. The molecule has 3 rings (SSSR count). The quantitative estimate of drug-likeness (QED) is 0.747. The summed E-state index contributed by atoms with van der Waals surface area (Å²) in [6.07, 6.45) is 1.90. The molecule has 0 bridgehead atoms. The van der Waals surface area contributed by atoms with Crippen molar-refractivity contribution in [2.75, 3.05) is 0 Å². The molecule has 3 aromatic rings. The molecule has 0 amide bonds. The number of aromatic carboxylic acids is 1. The Balaban J connectivity index is 1.80. The van der Waals surface area contributed by atoms with E-state index in [4.69, 9.17) is 16.7 Å². The van der Waals surface area contributed by atoms with Crippen LogP contribution in [0.25, 0.3) is 5.65 Å². The highest BCUT2D eigenvalue weighted by molar-refractivity contribution is 7.98. The second-order valence-corrected chi connectivity index (χ2v) is 5.66. The lowest BCUT2D eigenvalue weighted by molar-refractivity contribution is 0.0697. The number of aromatic nitrogens is 3. The Hall–Kier alpha value is -2.05. The number of carboxylic acids is 1. The fourth-order valence-electron chi connectivity index (χ4n) is 1.86. The van der Waals surface area contributed by atoms with Crippen molar-refractivity contribution in [1.82, 2.24) is 14.6 Å². The molecule has 0 spiro atoms. The van der Waals surface area contributed by atoms with Gasteiger partial charge in [-0.15, -0.1) is 10.2 Å². The largest absolute Gasteiger partial charge is 0.478 e. The van der Waals surface area contributed by atoms with Crippen LogP contribution in [-0.4, -0.2) is 25.7 Å². The highest BCUT2D eigenvalue weighted by atomic mass is 35.5. The average molecular weight is 320 g/mol. The number of carboxylic acid groups (broad SMARTS) is 1. The van der Waals surface area contributed by atoms with Gasteiger partial charge in [-0.3, -0.25) is 4.40 Å². The van der Waals surface area contributed by atoms with E-state index < -0.39 is 5.97 Å². The number of carbonyl (C=O) groups is 1. The Morgan fingerprint density at radius 3 is 2.90 bits per heavy atom. The van der Waals surface area contributed by atoms with Gasteiger partial charge in [-0.2, -0.15) is 0 Å². The van der Waals surface area contributed by atoms with E-state index in [0.717, 1.165) is 16.4 Å². The van der Waals surface area contributed by atoms with Crippen LogP contribution in [0.4, 0.5) is 0 Å². The summed E-state index contributed by atoms with van der Waals surface area (Å²) in [5.74, 6) is -0.395. The first-order valence-electron chi connectivity index (χ1n) is 6.09. The van der Waals surface area contributed by atoms with Crippen LogP contribution in [0.5, 0.6) is 0 Å². The number of halogens is 1. The van der Waals surface area contributed by atoms with Crippen molar-refractivity contribution in [2.45, 2.75) is 10.9 Å². The molecule has 2 aromatic heterocycles. The second kappa shape index (κ2) is 5.75. The molecule has 0 saturated heterocycles. The van der Waals surface area contributed by atoms with Gasteiger partial charge in [0.1, 0.15) is 0 Å². The number of nitrogens with zero attached hydrogens (tertiary/aromatic N) is 3.